The molecule has 1 atom stereocenters. The number of imidazole rings is 1. The van der Waals surface area contributed by atoms with E-state index in [-0.39, 0.29) is 5.56 Å². The van der Waals surface area contributed by atoms with Gasteiger partial charge in [0.2, 0.25) is 0 Å². The molecule has 1 aliphatic rings. The van der Waals surface area contributed by atoms with Crippen LogP contribution in [0.4, 0.5) is 0 Å². The molecule has 0 aromatic carbocycles. The first-order valence-corrected chi connectivity index (χ1v) is 6.10. The minimum Gasteiger partial charge on any atom is -0.343 e. The fourth-order valence-corrected chi connectivity index (χ4v) is 2.70. The number of hydrogen-bond acceptors (Lipinski definition) is 2. The van der Waals surface area contributed by atoms with Crippen LogP contribution in [0.5, 0.6) is 0 Å². The number of likely N-dealkylation sites (tertiary alicyclic amines) is 1. The molecule has 1 fully saturated rings. The van der Waals surface area contributed by atoms with Gasteiger partial charge < -0.3 is 9.88 Å². The molecular formula is C13H17N3O. The summed E-state index contributed by atoms with van der Waals surface area (Å²) in [5, 5.41) is 0. The van der Waals surface area contributed by atoms with Crippen LogP contribution in [-0.4, -0.2) is 34.4 Å². The molecule has 1 N–H and O–H groups in total. The molecule has 2 aromatic rings. The molecule has 1 saturated heterocycles. The molecule has 90 valence electrons. The SMILES string of the molecule is CN1CCC(Cc2cn3c(=O)cccc3[nH]2)C1. The molecule has 4 nitrogen and oxygen atoms in total. The molecule has 17 heavy (non-hydrogen) atoms. The zero-order valence-corrected chi connectivity index (χ0v) is 10.0. The first-order valence-electron chi connectivity index (χ1n) is 6.10. The zero-order valence-electron chi connectivity index (χ0n) is 10.0. The number of aromatic amines is 1. The van der Waals surface area contributed by atoms with Crippen molar-refractivity contribution in [3.05, 3.63) is 40.4 Å². The van der Waals surface area contributed by atoms with E-state index >= 15 is 0 Å². The Morgan fingerprint density at radius 2 is 2.35 bits per heavy atom. The quantitative estimate of drug-likeness (QED) is 0.841. The third-order valence-corrected chi connectivity index (χ3v) is 3.56. The van der Waals surface area contributed by atoms with Crippen LogP contribution in [-0.2, 0) is 6.42 Å². The summed E-state index contributed by atoms with van der Waals surface area (Å²) in [4.78, 5) is 17.3. The van der Waals surface area contributed by atoms with Gasteiger partial charge in [-0.1, -0.05) is 6.07 Å². The lowest BCUT2D eigenvalue weighted by atomic mass is 10.0. The number of pyridine rings is 1. The van der Waals surface area contributed by atoms with Gasteiger partial charge in [-0.2, -0.15) is 0 Å². The lowest BCUT2D eigenvalue weighted by Gasteiger charge is -2.08. The highest BCUT2D eigenvalue weighted by molar-refractivity contribution is 5.39. The molecule has 1 aliphatic heterocycles. The summed E-state index contributed by atoms with van der Waals surface area (Å²) in [7, 11) is 2.16. The average molecular weight is 231 g/mol. The van der Waals surface area contributed by atoms with E-state index in [1.165, 1.54) is 13.0 Å². The van der Waals surface area contributed by atoms with Gasteiger partial charge in [0.1, 0.15) is 5.65 Å². The van der Waals surface area contributed by atoms with Crippen LogP contribution in [0.2, 0.25) is 0 Å². The van der Waals surface area contributed by atoms with Crippen LogP contribution < -0.4 is 5.56 Å². The Hall–Kier alpha value is -1.55. The lowest BCUT2D eigenvalue weighted by molar-refractivity contribution is 0.394. The van der Waals surface area contributed by atoms with Crippen molar-refractivity contribution in [2.24, 2.45) is 5.92 Å². The maximum atomic E-state index is 11.6. The van der Waals surface area contributed by atoms with E-state index in [0.29, 0.717) is 5.92 Å². The van der Waals surface area contributed by atoms with Crippen LogP contribution in [0.1, 0.15) is 12.1 Å². The largest absolute Gasteiger partial charge is 0.343 e. The Kier molecular flexibility index (Phi) is 2.52. The van der Waals surface area contributed by atoms with Crippen molar-refractivity contribution in [3.8, 4) is 0 Å². The van der Waals surface area contributed by atoms with Gasteiger partial charge in [-0.3, -0.25) is 9.20 Å². The first kappa shape index (κ1) is 10.6. The first-order chi connectivity index (χ1) is 8.22. The Morgan fingerprint density at radius 3 is 3.06 bits per heavy atom. The van der Waals surface area contributed by atoms with Crippen LogP contribution in [0.3, 0.4) is 0 Å². The van der Waals surface area contributed by atoms with Crippen molar-refractivity contribution in [2.75, 3.05) is 20.1 Å². The van der Waals surface area contributed by atoms with Crippen molar-refractivity contribution in [3.63, 3.8) is 0 Å². The average Bonchev–Trinajstić information content (AvgIpc) is 2.86. The van der Waals surface area contributed by atoms with E-state index in [1.54, 1.807) is 16.5 Å². The van der Waals surface area contributed by atoms with Gasteiger partial charge in [0.25, 0.3) is 5.56 Å². The molecule has 0 bridgehead atoms. The molecule has 0 aliphatic carbocycles. The minimum atomic E-state index is 0.0357. The van der Waals surface area contributed by atoms with Crippen molar-refractivity contribution in [1.29, 1.82) is 0 Å². The molecule has 2 aromatic heterocycles. The number of H-pyrrole nitrogens is 1. The molecule has 3 heterocycles. The molecule has 0 radical (unpaired) electrons. The van der Waals surface area contributed by atoms with Crippen LogP contribution in [0, 0.1) is 5.92 Å². The predicted molar refractivity (Wildman–Crippen MR) is 67.3 cm³/mol. The number of aromatic nitrogens is 2. The number of nitrogens with one attached hydrogen (secondary N) is 1. The van der Waals surface area contributed by atoms with E-state index in [4.69, 9.17) is 0 Å². The van der Waals surface area contributed by atoms with Gasteiger partial charge in [-0.25, -0.2) is 0 Å². The standard InChI is InChI=1S/C13H17N3O/c1-15-6-5-10(8-15)7-11-9-16-12(14-11)3-2-4-13(16)17/h2-4,9-10,14H,5-8H2,1H3. The van der Waals surface area contributed by atoms with Gasteiger partial charge in [-0.15, -0.1) is 0 Å². The number of rotatable bonds is 2. The Balaban J connectivity index is 1.86. The van der Waals surface area contributed by atoms with Gasteiger partial charge in [-0.05, 0) is 38.4 Å². The Morgan fingerprint density at radius 1 is 1.47 bits per heavy atom. The molecule has 4 heteroatoms. The Labute approximate surface area is 99.9 Å². The van der Waals surface area contributed by atoms with Gasteiger partial charge in [0.15, 0.2) is 0 Å². The highest BCUT2D eigenvalue weighted by Gasteiger charge is 2.20. The van der Waals surface area contributed by atoms with E-state index in [0.717, 1.165) is 24.3 Å². The van der Waals surface area contributed by atoms with Gasteiger partial charge in [0.05, 0.1) is 0 Å². The zero-order chi connectivity index (χ0) is 11.8. The monoisotopic (exact) mass is 231 g/mol. The number of fused-ring (bicyclic) bond motifs is 1. The maximum Gasteiger partial charge on any atom is 0.256 e. The molecule has 0 spiro atoms. The van der Waals surface area contributed by atoms with Crippen LogP contribution in [0.25, 0.3) is 5.65 Å². The second-order valence-corrected chi connectivity index (χ2v) is 5.02. The molecule has 0 saturated carbocycles. The van der Waals surface area contributed by atoms with E-state index in [2.05, 4.69) is 16.9 Å². The maximum absolute atomic E-state index is 11.6. The van der Waals surface area contributed by atoms with E-state index in [9.17, 15) is 4.79 Å². The van der Waals surface area contributed by atoms with Crippen molar-refractivity contribution in [1.82, 2.24) is 14.3 Å². The van der Waals surface area contributed by atoms with Gasteiger partial charge in [0, 0.05) is 24.5 Å². The lowest BCUT2D eigenvalue weighted by Crippen LogP contribution is -2.15. The highest BCUT2D eigenvalue weighted by atomic mass is 16.1. The second kappa shape index (κ2) is 4.04. The summed E-state index contributed by atoms with van der Waals surface area (Å²) in [5.41, 5.74) is 2.08. The van der Waals surface area contributed by atoms with Crippen molar-refractivity contribution in [2.45, 2.75) is 12.8 Å². The highest BCUT2D eigenvalue weighted by Crippen LogP contribution is 2.19. The summed E-state index contributed by atoms with van der Waals surface area (Å²) < 4.78 is 1.69. The molecular weight excluding hydrogens is 214 g/mol. The third kappa shape index (κ3) is 2.00. The Bertz CT molecular complexity index is 584. The van der Waals surface area contributed by atoms with Crippen LogP contribution >= 0.6 is 0 Å². The fourth-order valence-electron chi connectivity index (χ4n) is 2.70. The summed E-state index contributed by atoms with van der Waals surface area (Å²) >= 11 is 0. The number of hydrogen-bond donors (Lipinski definition) is 1. The van der Waals surface area contributed by atoms with E-state index in [1.807, 2.05) is 12.3 Å². The predicted octanol–water partition coefficient (Wildman–Crippen LogP) is 1.12. The topological polar surface area (TPSA) is 40.5 Å². The normalized spacial score (nSPS) is 21.4. The smallest absolute Gasteiger partial charge is 0.256 e. The fraction of sp³-hybridized carbons (Fsp3) is 0.462. The van der Waals surface area contributed by atoms with E-state index < -0.39 is 0 Å². The summed E-state index contributed by atoms with van der Waals surface area (Å²) in [6.45, 7) is 2.34. The summed E-state index contributed by atoms with van der Waals surface area (Å²) in [6.07, 6.45) is 4.22. The molecule has 0 amide bonds. The third-order valence-electron chi connectivity index (χ3n) is 3.56. The second-order valence-electron chi connectivity index (χ2n) is 5.02. The summed E-state index contributed by atoms with van der Waals surface area (Å²) in [6, 6.07) is 5.32. The summed E-state index contributed by atoms with van der Waals surface area (Å²) in [5.74, 6) is 0.712. The molecule has 3 rings (SSSR count). The molecule has 1 unspecified atom stereocenters. The van der Waals surface area contributed by atoms with Crippen molar-refractivity contribution >= 4 is 5.65 Å². The van der Waals surface area contributed by atoms with Gasteiger partial charge >= 0.3 is 0 Å². The van der Waals surface area contributed by atoms with Crippen molar-refractivity contribution < 1.29 is 0 Å². The number of nitrogens with zero attached hydrogens (tertiary/aromatic N) is 2. The van der Waals surface area contributed by atoms with Crippen LogP contribution in [0.15, 0.2) is 29.2 Å². The minimum absolute atomic E-state index is 0.0357.